The third kappa shape index (κ3) is 11.8. The van der Waals surface area contributed by atoms with Crippen LogP contribution in [-0.4, -0.2) is 88.6 Å². The minimum absolute atomic E-state index is 0.00487. The van der Waals surface area contributed by atoms with E-state index in [0.29, 0.717) is 44.9 Å². The van der Waals surface area contributed by atoms with Crippen LogP contribution in [-0.2, 0) is 43.0 Å². The van der Waals surface area contributed by atoms with Crippen molar-refractivity contribution in [3.8, 4) is 0 Å². The average molecular weight is 1060 g/mol. The summed E-state index contributed by atoms with van der Waals surface area (Å²) in [6.07, 6.45) is 15.0. The van der Waals surface area contributed by atoms with Crippen molar-refractivity contribution in [2.45, 2.75) is 171 Å². The number of alkyl halides is 3. The van der Waals surface area contributed by atoms with Gasteiger partial charge in [0.05, 0.1) is 10.8 Å². The van der Waals surface area contributed by atoms with Crippen LogP contribution in [0.1, 0.15) is 160 Å². The Morgan fingerprint density at radius 1 is 0.662 bits per heavy atom. The fourth-order valence-electron chi connectivity index (χ4n) is 14.3. The topological polar surface area (TPSA) is 191 Å². The van der Waals surface area contributed by atoms with Crippen molar-refractivity contribution in [1.29, 1.82) is 0 Å². The van der Waals surface area contributed by atoms with Gasteiger partial charge in [0, 0.05) is 34.8 Å². The molecule has 3 N–H and O–H groups in total. The molecule has 12 nitrogen and oxygen atoms in total. The molecule has 0 spiro atoms. The number of carbonyl (C=O) groups excluding carboxylic acids is 5. The number of aldehydes is 2. The number of carbonyl (C=O) groups is 6. The van der Waals surface area contributed by atoms with E-state index in [9.17, 15) is 39.0 Å². The van der Waals surface area contributed by atoms with E-state index in [4.69, 9.17) is 49.4 Å². The summed E-state index contributed by atoms with van der Waals surface area (Å²) in [4.78, 5) is 75.5. The van der Waals surface area contributed by atoms with Crippen LogP contribution in [0, 0.1) is 91.7 Å². The summed E-state index contributed by atoms with van der Waals surface area (Å²) >= 11 is 18.6. The van der Waals surface area contributed by atoms with Crippen molar-refractivity contribution in [1.82, 2.24) is 0 Å². The molecule has 4 bridgehead atoms. The summed E-state index contributed by atoms with van der Waals surface area (Å²) in [5.74, 6) is -0.700. The number of unbranched alkanes of at least 4 members (excludes halogenated alkanes) is 2. The summed E-state index contributed by atoms with van der Waals surface area (Å²) < 4.78 is 15.4. The maximum atomic E-state index is 14.0. The van der Waals surface area contributed by atoms with E-state index in [2.05, 4.69) is 44.6 Å². The van der Waals surface area contributed by atoms with Gasteiger partial charge in [0.1, 0.15) is 23.4 Å². The Bertz CT molecular complexity index is 1950. The van der Waals surface area contributed by atoms with Gasteiger partial charge < -0.3 is 39.1 Å². The number of hydrogen-bond acceptors (Lipinski definition) is 11. The van der Waals surface area contributed by atoms with E-state index in [1.807, 2.05) is 13.8 Å². The highest BCUT2D eigenvalue weighted by atomic mass is 35.5. The highest BCUT2D eigenvalue weighted by Crippen LogP contribution is 2.73. The Morgan fingerprint density at radius 3 is 1.41 bits per heavy atom. The number of fused-ring (bicyclic) bond motifs is 4. The first kappa shape index (κ1) is 61.0. The van der Waals surface area contributed by atoms with E-state index in [1.54, 1.807) is 41.5 Å². The van der Waals surface area contributed by atoms with Crippen molar-refractivity contribution in [3.63, 3.8) is 0 Å². The number of hydrogen-bond donors (Lipinski definition) is 3. The van der Waals surface area contributed by atoms with E-state index in [1.165, 1.54) is 0 Å². The quantitative estimate of drug-likeness (QED) is 0.0277. The van der Waals surface area contributed by atoms with Gasteiger partial charge in [-0.25, -0.2) is 0 Å². The third-order valence-corrected chi connectivity index (χ3v) is 18.9. The van der Waals surface area contributed by atoms with Crippen LogP contribution in [0.3, 0.4) is 0 Å². The predicted molar refractivity (Wildman–Crippen MR) is 276 cm³/mol. The Balaban J connectivity index is 0.000000269. The average Bonchev–Trinajstić information content (AvgIpc) is 4.15. The van der Waals surface area contributed by atoms with Crippen molar-refractivity contribution in [2.75, 3.05) is 26.1 Å². The lowest BCUT2D eigenvalue weighted by atomic mass is 9.52. The molecule has 0 aliphatic heterocycles. The molecule has 0 amide bonds. The first-order valence-corrected chi connectivity index (χ1v) is 27.7. The Labute approximate surface area is 439 Å². The minimum Gasteiger partial charge on any atom is -0.481 e. The Hall–Kier alpha value is -2.51. The molecule has 0 aromatic rings. The highest BCUT2D eigenvalue weighted by molar-refractivity contribution is 6.21. The first-order valence-electron chi connectivity index (χ1n) is 26.3. The van der Waals surface area contributed by atoms with Gasteiger partial charge in [-0.3, -0.25) is 19.2 Å². The van der Waals surface area contributed by atoms with Crippen molar-refractivity contribution in [3.05, 3.63) is 23.3 Å². The summed E-state index contributed by atoms with van der Waals surface area (Å²) in [5, 5.41) is 28.8. The first-order chi connectivity index (χ1) is 33.1. The van der Waals surface area contributed by atoms with Crippen molar-refractivity contribution >= 4 is 71.3 Å². The molecular weight excluding hydrogens is 971 g/mol. The second-order valence-corrected chi connectivity index (χ2v) is 25.9. The molecule has 0 aromatic carbocycles. The maximum absolute atomic E-state index is 14.0. The van der Waals surface area contributed by atoms with Gasteiger partial charge in [-0.15, -0.1) is 23.2 Å². The van der Waals surface area contributed by atoms with Gasteiger partial charge in [0.15, 0.2) is 6.07 Å². The van der Waals surface area contributed by atoms with Gasteiger partial charge in [0.2, 0.25) is 6.79 Å². The number of allylic oxidation sites excluding steroid dienone is 2. The molecule has 10 unspecified atom stereocenters. The molecule has 6 rings (SSSR count). The minimum atomic E-state index is -1.08. The Kier molecular flexibility index (Phi) is 21.0. The maximum Gasteiger partial charge on any atom is 0.320 e. The van der Waals surface area contributed by atoms with Gasteiger partial charge in [-0.05, 0) is 165 Å². The van der Waals surface area contributed by atoms with E-state index in [-0.39, 0.29) is 95.2 Å². The summed E-state index contributed by atoms with van der Waals surface area (Å²) in [6, 6.07) is -0.0594. The smallest absolute Gasteiger partial charge is 0.320 e. The Morgan fingerprint density at radius 2 is 1.06 bits per heavy atom. The number of aliphatic hydroxyl groups is 2. The van der Waals surface area contributed by atoms with Crippen LogP contribution in [0.15, 0.2) is 23.3 Å². The SMILES string of the molecule is CC(C)(C)C(=O)OCCl.CC(C)C1=CC2C[C@@]1(C(=O)O)[C@@](C=O)(C1CC(Cl)C(C)C1CCCCO)C2.CC(C)C1=CC2C[C@@]1(C(=O)OCOC(=O)C(C)(C)C)[C@@](C=O)(C1CC(Cl)C(C)C1CCCCO)C2. The molecule has 404 valence electrons. The van der Waals surface area contributed by atoms with Crippen molar-refractivity contribution < 1.29 is 58.3 Å². The summed E-state index contributed by atoms with van der Waals surface area (Å²) in [7, 11) is 0. The molecule has 0 saturated heterocycles. The molecule has 6 aliphatic carbocycles. The van der Waals surface area contributed by atoms with Gasteiger partial charge >= 0.3 is 23.9 Å². The fraction of sp³-hybridized carbons (Fsp3) is 0.821. The zero-order valence-corrected chi connectivity index (χ0v) is 47.0. The lowest BCUT2D eigenvalue weighted by Crippen LogP contribution is -2.53. The number of carboxylic acid groups (broad SMARTS) is 1. The van der Waals surface area contributed by atoms with Crippen molar-refractivity contribution in [2.24, 2.45) is 91.7 Å². The molecule has 15 heteroatoms. The fourth-order valence-corrected chi connectivity index (χ4v) is 15.1. The second-order valence-electron chi connectivity index (χ2n) is 24.5. The van der Waals surface area contributed by atoms with Gasteiger partial charge in [-0.1, -0.05) is 89.3 Å². The number of esters is 3. The molecule has 0 aromatic heterocycles. The zero-order chi connectivity index (χ0) is 53.7. The monoisotopic (exact) mass is 1060 g/mol. The lowest BCUT2D eigenvalue weighted by molar-refractivity contribution is -0.184. The number of ether oxygens (including phenoxy) is 3. The molecule has 0 heterocycles. The lowest BCUT2D eigenvalue weighted by Gasteiger charge is -2.49. The number of aliphatic hydroxyl groups excluding tert-OH is 2. The molecular formula is C56H87Cl3O12. The van der Waals surface area contributed by atoms with Crippen LogP contribution in [0.2, 0.25) is 0 Å². The van der Waals surface area contributed by atoms with E-state index >= 15 is 0 Å². The molecule has 0 radical (unpaired) electrons. The van der Waals surface area contributed by atoms with Crippen LogP contribution in [0.5, 0.6) is 0 Å². The molecule has 71 heavy (non-hydrogen) atoms. The summed E-state index contributed by atoms with van der Waals surface area (Å²) in [6.45, 7) is 22.9. The number of carboxylic acids is 1. The second kappa shape index (κ2) is 24.4. The highest BCUT2D eigenvalue weighted by Gasteiger charge is 2.73. The third-order valence-electron chi connectivity index (χ3n) is 17.6. The van der Waals surface area contributed by atoms with Crippen LogP contribution < -0.4 is 0 Å². The predicted octanol–water partition coefficient (Wildman–Crippen LogP) is 11.4. The standard InChI is InChI=1S/C28H43ClO6.C22H33ClO4.C6H11ClO2/c1-17(2)21-11-19-13-27(15-31,22-12-23(29)18(3)20(22)9-7-8-10-30)28(21,14-19)25(33)35-16-34-24(32)26(4,5)6;1-13(2)17-8-15-10-21(12-25,22(17,11-15)20(26)27)18-9-19(23)14(3)16(18)6-4-5-7-24;1-6(2,3)5(8)9-4-7/h11,15,17-20,22-23,30H,7-10,12-14,16H2,1-6H3;8,12-16,18-19,24H,4-7,9-11H2,1-3H3,(H,26,27);4H2,1-3H3/t18?,19?,20?,22?,23?,27-,28+;14?,15?,16?,18?,19?,21-,22+;/m00./s1. The zero-order valence-electron chi connectivity index (χ0n) is 44.7. The molecule has 14 atom stereocenters. The van der Waals surface area contributed by atoms with Crippen LogP contribution in [0.4, 0.5) is 0 Å². The summed E-state index contributed by atoms with van der Waals surface area (Å²) in [5.41, 5.74) is -3.14. The van der Waals surface area contributed by atoms with Crippen LogP contribution >= 0.6 is 34.8 Å². The number of rotatable bonds is 19. The van der Waals surface area contributed by atoms with Gasteiger partial charge in [0.25, 0.3) is 0 Å². The number of aliphatic carboxylic acids is 1. The molecule has 4 saturated carbocycles. The molecule has 6 aliphatic rings. The molecule has 4 fully saturated rings. The van der Waals surface area contributed by atoms with E-state index < -0.39 is 57.2 Å². The normalized spacial score (nSPS) is 35.8. The van der Waals surface area contributed by atoms with Gasteiger partial charge in [-0.2, -0.15) is 0 Å². The largest absolute Gasteiger partial charge is 0.481 e. The van der Waals surface area contributed by atoms with Crippen LogP contribution in [0.25, 0.3) is 0 Å². The number of halogens is 3. The van der Waals surface area contributed by atoms with E-state index in [0.717, 1.165) is 55.8 Å².